The van der Waals surface area contributed by atoms with Crippen molar-refractivity contribution in [2.24, 2.45) is 5.92 Å². The summed E-state index contributed by atoms with van der Waals surface area (Å²) in [6.07, 6.45) is 7.05. The second-order valence-electron chi connectivity index (χ2n) is 4.71. The Morgan fingerprint density at radius 1 is 1.27 bits per heavy atom. The second kappa shape index (κ2) is 3.99. The highest BCUT2D eigenvalue weighted by molar-refractivity contribution is 5.17. The molecule has 1 aromatic rings. The number of nitrogens with zero attached hydrogens (tertiary/aromatic N) is 1. The first-order chi connectivity index (χ1) is 7.45. The maximum absolute atomic E-state index is 3.42. The maximum Gasteiger partial charge on any atom is 0.0392 e. The minimum Gasteiger partial charge on any atom is -0.367 e. The quantitative estimate of drug-likeness (QED) is 0.781. The molecule has 1 unspecified atom stereocenters. The lowest BCUT2D eigenvalue weighted by Crippen LogP contribution is -2.45. The fraction of sp³-hybridized carbons (Fsp3) is 0.667. The zero-order chi connectivity index (χ0) is 10.1. The van der Waals surface area contributed by atoms with Gasteiger partial charge >= 0.3 is 0 Å². The third kappa shape index (κ3) is 1.94. The number of nitrogens with one attached hydrogen (secondary N) is 2. The molecule has 3 nitrogen and oxygen atoms in total. The molecular formula is C12H19N3. The molecule has 1 atom stereocenters. The molecule has 1 aliphatic carbocycles. The van der Waals surface area contributed by atoms with E-state index in [4.69, 9.17) is 0 Å². The Labute approximate surface area is 90.9 Å². The lowest BCUT2D eigenvalue weighted by molar-refractivity contribution is 0.156. The van der Waals surface area contributed by atoms with Crippen LogP contribution in [0.3, 0.4) is 0 Å². The van der Waals surface area contributed by atoms with E-state index in [0.29, 0.717) is 6.04 Å². The summed E-state index contributed by atoms with van der Waals surface area (Å²) < 4.78 is 0. The molecule has 0 amide bonds. The summed E-state index contributed by atoms with van der Waals surface area (Å²) in [6.45, 7) is 4.69. The number of aromatic amines is 1. The lowest BCUT2D eigenvalue weighted by atomic mass is 10.0. The van der Waals surface area contributed by atoms with Crippen LogP contribution in [-0.2, 0) is 0 Å². The third-order valence-electron chi connectivity index (χ3n) is 3.58. The van der Waals surface area contributed by atoms with E-state index in [2.05, 4.69) is 27.5 Å². The van der Waals surface area contributed by atoms with E-state index in [1.54, 1.807) is 0 Å². The predicted molar refractivity (Wildman–Crippen MR) is 60.7 cm³/mol. The molecule has 1 aromatic heterocycles. The molecule has 15 heavy (non-hydrogen) atoms. The van der Waals surface area contributed by atoms with Crippen LogP contribution in [0.25, 0.3) is 0 Å². The van der Waals surface area contributed by atoms with Gasteiger partial charge in [-0.25, -0.2) is 0 Å². The minimum absolute atomic E-state index is 0.679. The summed E-state index contributed by atoms with van der Waals surface area (Å²) in [5.41, 5.74) is 1.49. The van der Waals surface area contributed by atoms with Gasteiger partial charge in [-0.15, -0.1) is 0 Å². The van der Waals surface area contributed by atoms with Crippen molar-refractivity contribution in [1.29, 1.82) is 0 Å². The summed E-state index contributed by atoms with van der Waals surface area (Å²) in [6, 6.07) is 2.92. The fourth-order valence-corrected chi connectivity index (χ4v) is 2.67. The Morgan fingerprint density at radius 3 is 2.67 bits per heavy atom. The van der Waals surface area contributed by atoms with E-state index in [0.717, 1.165) is 19.0 Å². The van der Waals surface area contributed by atoms with Crippen LogP contribution in [0.2, 0.25) is 0 Å². The molecule has 1 aliphatic heterocycles. The number of rotatable bonds is 3. The smallest absolute Gasteiger partial charge is 0.0392 e. The molecule has 82 valence electrons. The van der Waals surface area contributed by atoms with Gasteiger partial charge in [-0.2, -0.15) is 0 Å². The van der Waals surface area contributed by atoms with Crippen molar-refractivity contribution in [1.82, 2.24) is 15.2 Å². The Kier molecular flexibility index (Phi) is 2.51. The van der Waals surface area contributed by atoms with E-state index >= 15 is 0 Å². The van der Waals surface area contributed by atoms with Gasteiger partial charge in [0, 0.05) is 44.6 Å². The molecule has 0 spiro atoms. The van der Waals surface area contributed by atoms with Gasteiger partial charge in [0.2, 0.25) is 0 Å². The zero-order valence-electron chi connectivity index (χ0n) is 9.08. The van der Waals surface area contributed by atoms with Crippen LogP contribution >= 0.6 is 0 Å². The summed E-state index contributed by atoms with van der Waals surface area (Å²) in [5.74, 6) is 0.916. The van der Waals surface area contributed by atoms with Crippen molar-refractivity contribution in [2.75, 3.05) is 26.2 Å². The average Bonchev–Trinajstić information content (AvgIpc) is 2.96. The van der Waals surface area contributed by atoms with Crippen LogP contribution in [0, 0.1) is 5.92 Å². The minimum atomic E-state index is 0.679. The molecule has 2 N–H and O–H groups in total. The molecular weight excluding hydrogens is 186 g/mol. The number of aromatic nitrogens is 1. The lowest BCUT2D eigenvalue weighted by Gasteiger charge is -2.34. The van der Waals surface area contributed by atoms with Gasteiger partial charge in [0.15, 0.2) is 0 Å². The molecule has 0 radical (unpaired) electrons. The van der Waals surface area contributed by atoms with Crippen molar-refractivity contribution >= 4 is 0 Å². The van der Waals surface area contributed by atoms with Gasteiger partial charge in [0.25, 0.3) is 0 Å². The normalized spacial score (nSPS) is 25.3. The largest absolute Gasteiger partial charge is 0.367 e. The molecule has 2 aliphatic rings. The monoisotopic (exact) mass is 205 g/mol. The molecule has 2 heterocycles. The van der Waals surface area contributed by atoms with Crippen LogP contribution in [-0.4, -0.2) is 36.1 Å². The SMILES string of the molecule is c1cc(C(C2CC2)N2CCNCC2)c[nH]1. The third-order valence-corrected chi connectivity index (χ3v) is 3.58. The molecule has 3 rings (SSSR count). The van der Waals surface area contributed by atoms with Crippen molar-refractivity contribution in [3.8, 4) is 0 Å². The molecule has 2 fully saturated rings. The van der Waals surface area contributed by atoms with Crippen molar-refractivity contribution in [3.63, 3.8) is 0 Å². The molecule has 0 aromatic carbocycles. The van der Waals surface area contributed by atoms with Crippen LogP contribution in [0.5, 0.6) is 0 Å². The van der Waals surface area contributed by atoms with Gasteiger partial charge in [0.1, 0.15) is 0 Å². The van der Waals surface area contributed by atoms with E-state index in [1.807, 2.05) is 6.20 Å². The second-order valence-corrected chi connectivity index (χ2v) is 4.71. The molecule has 1 saturated heterocycles. The first-order valence-electron chi connectivity index (χ1n) is 6.02. The van der Waals surface area contributed by atoms with Crippen molar-refractivity contribution < 1.29 is 0 Å². The van der Waals surface area contributed by atoms with Crippen LogP contribution in [0.4, 0.5) is 0 Å². The van der Waals surface area contributed by atoms with Crippen LogP contribution < -0.4 is 5.32 Å². The van der Waals surface area contributed by atoms with Gasteiger partial charge in [-0.3, -0.25) is 4.90 Å². The standard InChI is InChI=1S/C12H19N3/c1-2-10(1)12(11-3-4-14-9-11)15-7-5-13-6-8-15/h3-4,9-10,12-14H,1-2,5-8H2. The van der Waals surface area contributed by atoms with Gasteiger partial charge < -0.3 is 10.3 Å². The van der Waals surface area contributed by atoms with Gasteiger partial charge in [0.05, 0.1) is 0 Å². The summed E-state index contributed by atoms with van der Waals surface area (Å²) in [5, 5.41) is 3.42. The van der Waals surface area contributed by atoms with E-state index in [-0.39, 0.29) is 0 Å². The number of H-pyrrole nitrogens is 1. The Morgan fingerprint density at radius 2 is 2.07 bits per heavy atom. The average molecular weight is 205 g/mol. The predicted octanol–water partition coefficient (Wildman–Crippen LogP) is 1.37. The zero-order valence-corrected chi connectivity index (χ0v) is 9.08. The Hall–Kier alpha value is -0.800. The Bertz CT molecular complexity index is 297. The first kappa shape index (κ1) is 9.43. The highest BCUT2D eigenvalue weighted by atomic mass is 15.2. The highest BCUT2D eigenvalue weighted by Crippen LogP contribution is 2.44. The van der Waals surface area contributed by atoms with Crippen molar-refractivity contribution in [2.45, 2.75) is 18.9 Å². The summed E-state index contributed by atoms with van der Waals surface area (Å²) in [4.78, 5) is 5.84. The van der Waals surface area contributed by atoms with Crippen LogP contribution in [0.15, 0.2) is 18.5 Å². The van der Waals surface area contributed by atoms with Crippen LogP contribution in [0.1, 0.15) is 24.4 Å². The number of hydrogen-bond donors (Lipinski definition) is 2. The van der Waals surface area contributed by atoms with E-state index < -0.39 is 0 Å². The topological polar surface area (TPSA) is 31.1 Å². The molecule has 3 heteroatoms. The molecule has 0 bridgehead atoms. The Balaban J connectivity index is 1.77. The highest BCUT2D eigenvalue weighted by Gasteiger charge is 2.36. The maximum atomic E-state index is 3.42. The number of piperazine rings is 1. The summed E-state index contributed by atoms with van der Waals surface area (Å²) in [7, 11) is 0. The molecule has 1 saturated carbocycles. The first-order valence-corrected chi connectivity index (χ1v) is 6.02. The fourth-order valence-electron chi connectivity index (χ4n) is 2.67. The van der Waals surface area contributed by atoms with E-state index in [9.17, 15) is 0 Å². The van der Waals surface area contributed by atoms with Gasteiger partial charge in [-0.05, 0) is 30.4 Å². The van der Waals surface area contributed by atoms with Gasteiger partial charge in [-0.1, -0.05) is 0 Å². The summed E-state index contributed by atoms with van der Waals surface area (Å²) >= 11 is 0. The number of hydrogen-bond acceptors (Lipinski definition) is 2. The van der Waals surface area contributed by atoms with E-state index in [1.165, 1.54) is 31.5 Å². The van der Waals surface area contributed by atoms with Crippen molar-refractivity contribution in [3.05, 3.63) is 24.0 Å².